The van der Waals surface area contributed by atoms with Gasteiger partial charge in [0.2, 0.25) is 0 Å². The summed E-state index contributed by atoms with van der Waals surface area (Å²) in [6.07, 6.45) is -0.112. The van der Waals surface area contributed by atoms with Gasteiger partial charge in [-0.15, -0.1) is 0 Å². The lowest BCUT2D eigenvalue weighted by molar-refractivity contribution is -0.111. The SMILES string of the molecule is CC1OC(CO)(CO)C(C)C1CO. The fourth-order valence-electron chi connectivity index (χ4n) is 2.08. The van der Waals surface area contributed by atoms with E-state index in [0.717, 1.165) is 0 Å². The van der Waals surface area contributed by atoms with E-state index in [-0.39, 0.29) is 37.8 Å². The lowest BCUT2D eigenvalue weighted by Crippen LogP contribution is -2.43. The highest BCUT2D eigenvalue weighted by Gasteiger charge is 2.50. The molecule has 3 unspecified atom stereocenters. The van der Waals surface area contributed by atoms with Crippen LogP contribution >= 0.6 is 0 Å². The van der Waals surface area contributed by atoms with Crippen LogP contribution in [-0.2, 0) is 4.74 Å². The molecule has 0 spiro atoms. The topological polar surface area (TPSA) is 69.9 Å². The third kappa shape index (κ3) is 1.59. The van der Waals surface area contributed by atoms with Crippen LogP contribution in [0, 0.1) is 11.8 Å². The van der Waals surface area contributed by atoms with Crippen molar-refractivity contribution in [1.29, 1.82) is 0 Å². The summed E-state index contributed by atoms with van der Waals surface area (Å²) in [5.74, 6) is -0.0261. The van der Waals surface area contributed by atoms with Crippen LogP contribution in [0.1, 0.15) is 13.8 Å². The second kappa shape index (κ2) is 3.92. The second-order valence-electron chi connectivity index (χ2n) is 3.84. The highest BCUT2D eigenvalue weighted by Crippen LogP contribution is 2.39. The van der Waals surface area contributed by atoms with Gasteiger partial charge in [0, 0.05) is 12.5 Å². The van der Waals surface area contributed by atoms with Crippen molar-refractivity contribution >= 4 is 0 Å². The number of aliphatic hydroxyl groups excluding tert-OH is 3. The van der Waals surface area contributed by atoms with Crippen LogP contribution in [0.2, 0.25) is 0 Å². The van der Waals surface area contributed by atoms with E-state index in [1.54, 1.807) is 0 Å². The molecule has 0 amide bonds. The fraction of sp³-hybridized carbons (Fsp3) is 1.00. The number of ether oxygens (including phenoxy) is 1. The van der Waals surface area contributed by atoms with Crippen molar-refractivity contribution in [3.63, 3.8) is 0 Å². The molecule has 0 aromatic heterocycles. The minimum atomic E-state index is -0.868. The molecule has 0 radical (unpaired) electrons. The van der Waals surface area contributed by atoms with Gasteiger partial charge >= 0.3 is 0 Å². The van der Waals surface area contributed by atoms with Crippen LogP contribution in [0.3, 0.4) is 0 Å². The Bertz CT molecular complexity index is 167. The maximum atomic E-state index is 9.15. The summed E-state index contributed by atoms with van der Waals surface area (Å²) < 4.78 is 5.50. The summed E-state index contributed by atoms with van der Waals surface area (Å²) in [7, 11) is 0. The Morgan fingerprint density at radius 2 is 1.69 bits per heavy atom. The van der Waals surface area contributed by atoms with Gasteiger partial charge in [0.1, 0.15) is 5.60 Å². The number of hydrogen-bond acceptors (Lipinski definition) is 4. The van der Waals surface area contributed by atoms with Gasteiger partial charge in [0.15, 0.2) is 0 Å². The van der Waals surface area contributed by atoms with Gasteiger partial charge in [0.25, 0.3) is 0 Å². The molecule has 1 saturated heterocycles. The van der Waals surface area contributed by atoms with Gasteiger partial charge in [-0.05, 0) is 12.8 Å². The molecular weight excluding hydrogens is 172 g/mol. The molecule has 13 heavy (non-hydrogen) atoms. The van der Waals surface area contributed by atoms with Crippen LogP contribution < -0.4 is 0 Å². The summed E-state index contributed by atoms with van der Waals surface area (Å²) in [6, 6.07) is 0. The normalized spacial score (nSPS) is 38.1. The largest absolute Gasteiger partial charge is 0.396 e. The first kappa shape index (κ1) is 10.9. The lowest BCUT2D eigenvalue weighted by Gasteiger charge is -2.29. The van der Waals surface area contributed by atoms with Crippen molar-refractivity contribution in [3.05, 3.63) is 0 Å². The Kier molecular flexibility index (Phi) is 3.29. The number of rotatable bonds is 3. The molecule has 1 rings (SSSR count). The zero-order valence-electron chi connectivity index (χ0n) is 8.10. The van der Waals surface area contributed by atoms with E-state index in [2.05, 4.69) is 0 Å². The van der Waals surface area contributed by atoms with Crippen LogP contribution in [0.15, 0.2) is 0 Å². The van der Waals surface area contributed by atoms with Gasteiger partial charge in [-0.3, -0.25) is 0 Å². The van der Waals surface area contributed by atoms with Crippen molar-refractivity contribution in [3.8, 4) is 0 Å². The van der Waals surface area contributed by atoms with E-state index in [0.29, 0.717) is 0 Å². The van der Waals surface area contributed by atoms with Gasteiger partial charge in [-0.2, -0.15) is 0 Å². The Balaban J connectivity index is 2.80. The summed E-state index contributed by atoms with van der Waals surface area (Å²) in [4.78, 5) is 0. The Morgan fingerprint density at radius 3 is 1.92 bits per heavy atom. The van der Waals surface area contributed by atoms with Gasteiger partial charge in [-0.25, -0.2) is 0 Å². The maximum absolute atomic E-state index is 9.15. The minimum Gasteiger partial charge on any atom is -0.396 e. The van der Waals surface area contributed by atoms with Crippen molar-refractivity contribution in [2.75, 3.05) is 19.8 Å². The molecule has 1 heterocycles. The number of hydrogen-bond donors (Lipinski definition) is 3. The van der Waals surface area contributed by atoms with E-state index in [9.17, 15) is 0 Å². The molecule has 0 saturated carbocycles. The molecule has 3 atom stereocenters. The lowest BCUT2D eigenvalue weighted by atomic mass is 9.82. The Morgan fingerprint density at radius 1 is 1.15 bits per heavy atom. The van der Waals surface area contributed by atoms with E-state index in [4.69, 9.17) is 20.1 Å². The predicted molar refractivity (Wildman–Crippen MR) is 47.2 cm³/mol. The standard InChI is InChI=1S/C9H18O4/c1-6-8(3-10)7(2)13-9(6,4-11)5-12/h6-8,10-12H,3-5H2,1-2H3. The van der Waals surface area contributed by atoms with Crippen molar-refractivity contribution in [2.24, 2.45) is 11.8 Å². The highest BCUT2D eigenvalue weighted by atomic mass is 16.5. The van der Waals surface area contributed by atoms with Crippen LogP contribution in [0.25, 0.3) is 0 Å². The van der Waals surface area contributed by atoms with Crippen LogP contribution in [-0.4, -0.2) is 46.8 Å². The fourth-order valence-corrected chi connectivity index (χ4v) is 2.08. The molecule has 78 valence electrons. The summed E-state index contributed by atoms with van der Waals surface area (Å²) >= 11 is 0. The molecule has 1 aliphatic rings. The average Bonchev–Trinajstić information content (AvgIpc) is 2.38. The zero-order valence-corrected chi connectivity index (χ0v) is 8.10. The number of aliphatic hydroxyl groups is 3. The summed E-state index contributed by atoms with van der Waals surface area (Å²) in [6.45, 7) is 3.36. The highest BCUT2D eigenvalue weighted by molar-refractivity contribution is 4.97. The Labute approximate surface area is 78.1 Å². The Hall–Kier alpha value is -0.160. The molecular formula is C9H18O4. The molecule has 0 aromatic rings. The molecule has 4 heteroatoms. The third-order valence-corrected chi connectivity index (χ3v) is 3.24. The van der Waals surface area contributed by atoms with Gasteiger partial charge < -0.3 is 20.1 Å². The predicted octanol–water partition coefficient (Wildman–Crippen LogP) is -0.627. The second-order valence-corrected chi connectivity index (χ2v) is 3.84. The minimum absolute atomic E-state index is 0.000648. The molecule has 0 bridgehead atoms. The first-order valence-electron chi connectivity index (χ1n) is 4.61. The zero-order chi connectivity index (χ0) is 10.1. The van der Waals surface area contributed by atoms with Crippen molar-refractivity contribution < 1.29 is 20.1 Å². The first-order chi connectivity index (χ1) is 6.11. The van der Waals surface area contributed by atoms with E-state index < -0.39 is 5.60 Å². The van der Waals surface area contributed by atoms with Crippen LogP contribution in [0.4, 0.5) is 0 Å². The monoisotopic (exact) mass is 190 g/mol. The molecule has 1 fully saturated rings. The molecule has 0 aliphatic carbocycles. The van der Waals surface area contributed by atoms with Gasteiger partial charge in [0.05, 0.1) is 19.3 Å². The maximum Gasteiger partial charge on any atom is 0.117 e. The van der Waals surface area contributed by atoms with E-state index in [1.807, 2.05) is 13.8 Å². The smallest absolute Gasteiger partial charge is 0.117 e. The molecule has 1 aliphatic heterocycles. The average molecular weight is 190 g/mol. The van der Waals surface area contributed by atoms with E-state index >= 15 is 0 Å². The molecule has 4 nitrogen and oxygen atoms in total. The summed E-state index contributed by atoms with van der Waals surface area (Å²) in [5.41, 5.74) is -0.868. The first-order valence-corrected chi connectivity index (χ1v) is 4.61. The van der Waals surface area contributed by atoms with E-state index in [1.165, 1.54) is 0 Å². The third-order valence-electron chi connectivity index (χ3n) is 3.24. The van der Waals surface area contributed by atoms with Crippen molar-refractivity contribution in [2.45, 2.75) is 25.6 Å². The van der Waals surface area contributed by atoms with Crippen LogP contribution in [0.5, 0.6) is 0 Å². The molecule has 0 aromatic carbocycles. The van der Waals surface area contributed by atoms with Gasteiger partial charge in [-0.1, -0.05) is 6.92 Å². The molecule has 3 N–H and O–H groups in total. The quantitative estimate of drug-likeness (QED) is 0.554. The summed E-state index contributed by atoms with van der Waals surface area (Å²) in [5, 5.41) is 27.4. The van der Waals surface area contributed by atoms with Crippen molar-refractivity contribution in [1.82, 2.24) is 0 Å².